The summed E-state index contributed by atoms with van der Waals surface area (Å²) >= 11 is 21.8. The van der Waals surface area contributed by atoms with Gasteiger partial charge in [0.15, 0.2) is 0 Å². The molecule has 0 saturated heterocycles. The molecule has 13 heteroatoms. The third kappa shape index (κ3) is 33.1. The molecule has 0 heterocycles. The van der Waals surface area contributed by atoms with Crippen molar-refractivity contribution in [2.75, 3.05) is 49.7 Å². The predicted octanol–water partition coefficient (Wildman–Crippen LogP) is 6.63. The Bertz CT molecular complexity index is 569. The molecule has 36 heavy (non-hydrogen) atoms. The number of hydrogen-bond donors (Lipinski definition) is 1. The molecule has 0 aromatic carbocycles. The normalized spacial score (nSPS) is 11.1. The van der Waals surface area contributed by atoms with Gasteiger partial charge in [0.25, 0.3) is 0 Å². The number of ether oxygens (including phenoxy) is 4. The summed E-state index contributed by atoms with van der Waals surface area (Å²) in [6, 6.07) is 0. The van der Waals surface area contributed by atoms with E-state index in [0.717, 1.165) is 13.1 Å². The van der Waals surface area contributed by atoms with Crippen LogP contribution in [-0.4, -0.2) is 89.8 Å². The second kappa shape index (κ2) is 21.1. The Hall–Kier alpha value is -0.870. The molecule has 0 rings (SSSR count). The first-order valence-electron chi connectivity index (χ1n) is 11.4. The summed E-state index contributed by atoms with van der Waals surface area (Å²) in [6.07, 6.45) is -2.48. The van der Waals surface area contributed by atoms with Crippen LogP contribution in [-0.2, 0) is 18.9 Å². The molecular weight excluding hydrogens is 558 g/mol. The third-order valence-electron chi connectivity index (χ3n) is 2.85. The average Bonchev–Trinajstić information content (AvgIpc) is 2.64. The monoisotopic (exact) mass is 600 g/mol. The zero-order valence-corrected chi connectivity index (χ0v) is 26.0. The number of carbonyl (C=O) groups is 3. The lowest BCUT2D eigenvalue weighted by Gasteiger charge is -2.26. The van der Waals surface area contributed by atoms with Crippen molar-refractivity contribution in [1.82, 2.24) is 10.2 Å². The van der Waals surface area contributed by atoms with Gasteiger partial charge in [0.1, 0.15) is 16.8 Å². The van der Waals surface area contributed by atoms with Crippen LogP contribution in [0.4, 0.5) is 14.4 Å². The Kier molecular flexibility index (Phi) is 23.2. The summed E-state index contributed by atoms with van der Waals surface area (Å²) in [5, 5.41) is 3.02. The summed E-state index contributed by atoms with van der Waals surface area (Å²) in [5.41, 5.74) is -1.87. The first-order valence-corrected chi connectivity index (χ1v) is 13.5. The van der Waals surface area contributed by atoms with Crippen molar-refractivity contribution in [2.45, 2.75) is 79.1 Å². The fourth-order valence-corrected chi connectivity index (χ4v) is 2.37. The molecule has 0 atom stereocenters. The summed E-state index contributed by atoms with van der Waals surface area (Å²) in [7, 11) is 0. The first-order chi connectivity index (χ1) is 16.3. The third-order valence-corrected chi connectivity index (χ3v) is 3.56. The molecule has 0 aliphatic heterocycles. The van der Waals surface area contributed by atoms with E-state index in [0.29, 0.717) is 36.6 Å². The zero-order valence-electron chi connectivity index (χ0n) is 23.0. The number of hydrogen-bond acceptors (Lipinski definition) is 8. The summed E-state index contributed by atoms with van der Waals surface area (Å²) in [5.74, 6) is 2.10. The average molecular weight is 602 g/mol. The lowest BCUT2D eigenvalue weighted by atomic mass is 10.2. The van der Waals surface area contributed by atoms with Crippen LogP contribution >= 0.6 is 46.4 Å². The molecular formula is C23H44Cl4N2O7. The van der Waals surface area contributed by atoms with Crippen LogP contribution in [0.2, 0.25) is 0 Å². The Morgan fingerprint density at radius 2 is 0.944 bits per heavy atom. The Balaban J connectivity index is -0.000000483. The molecule has 0 spiro atoms. The van der Waals surface area contributed by atoms with E-state index in [1.165, 1.54) is 4.90 Å². The highest BCUT2D eigenvalue weighted by Crippen LogP contribution is 2.12. The van der Waals surface area contributed by atoms with Crippen molar-refractivity contribution in [3.8, 4) is 0 Å². The maximum absolute atomic E-state index is 11.5. The van der Waals surface area contributed by atoms with Crippen molar-refractivity contribution in [3.05, 3.63) is 0 Å². The molecule has 0 fully saturated rings. The maximum Gasteiger partial charge on any atom is 0.519 e. The number of nitrogens with zero attached hydrogens (tertiary/aromatic N) is 1. The van der Waals surface area contributed by atoms with E-state index in [9.17, 15) is 14.4 Å². The number of amides is 1. The Morgan fingerprint density at radius 3 is 1.19 bits per heavy atom. The van der Waals surface area contributed by atoms with Crippen LogP contribution in [0.1, 0.15) is 62.3 Å². The van der Waals surface area contributed by atoms with Crippen molar-refractivity contribution in [2.24, 2.45) is 0 Å². The Morgan fingerprint density at radius 1 is 0.611 bits per heavy atom. The maximum atomic E-state index is 11.5. The number of nitrogens with one attached hydrogen (secondary N) is 1. The van der Waals surface area contributed by atoms with Gasteiger partial charge >= 0.3 is 18.4 Å². The standard InChI is InChI=1S/C10H18O5.C9H17Cl2NO2.C4H9Cl2N/c1-9(2,3)14-7(11)13-8(12)15-10(4,5)6;1-9(2,3)14-8(13)12(6-4-10)7-5-11;5-1-3-7-4-2-6/h1-6H3;4-7H2,1-3H3;7H,1-4H2. The molecule has 0 bridgehead atoms. The van der Waals surface area contributed by atoms with Crippen LogP contribution in [0.3, 0.4) is 0 Å². The van der Waals surface area contributed by atoms with E-state index >= 15 is 0 Å². The fraction of sp³-hybridized carbons (Fsp3) is 0.870. The number of halogens is 4. The predicted molar refractivity (Wildman–Crippen MR) is 147 cm³/mol. The van der Waals surface area contributed by atoms with Crippen LogP contribution < -0.4 is 5.32 Å². The van der Waals surface area contributed by atoms with Crippen LogP contribution in [0, 0.1) is 0 Å². The zero-order chi connectivity index (χ0) is 29.0. The van der Waals surface area contributed by atoms with E-state index in [1.807, 2.05) is 20.8 Å². The van der Waals surface area contributed by atoms with Crippen molar-refractivity contribution in [3.63, 3.8) is 0 Å². The van der Waals surface area contributed by atoms with E-state index in [2.05, 4.69) is 10.1 Å². The van der Waals surface area contributed by atoms with Gasteiger partial charge < -0.3 is 29.2 Å². The second-order valence-corrected chi connectivity index (χ2v) is 11.5. The van der Waals surface area contributed by atoms with Gasteiger partial charge in [-0.05, 0) is 62.3 Å². The van der Waals surface area contributed by atoms with E-state index in [1.54, 1.807) is 41.5 Å². The van der Waals surface area contributed by atoms with Crippen molar-refractivity contribution >= 4 is 64.8 Å². The van der Waals surface area contributed by atoms with E-state index < -0.39 is 29.1 Å². The lowest BCUT2D eigenvalue weighted by Crippen LogP contribution is -2.39. The highest BCUT2D eigenvalue weighted by Gasteiger charge is 2.24. The summed E-state index contributed by atoms with van der Waals surface area (Å²) in [4.78, 5) is 35.0. The molecule has 216 valence electrons. The number of alkyl halides is 4. The minimum atomic E-state index is -1.06. The van der Waals surface area contributed by atoms with Gasteiger partial charge in [-0.3, -0.25) is 0 Å². The molecule has 0 aliphatic rings. The van der Waals surface area contributed by atoms with Gasteiger partial charge in [-0.15, -0.1) is 46.4 Å². The van der Waals surface area contributed by atoms with Crippen molar-refractivity contribution < 1.29 is 33.3 Å². The molecule has 0 unspecified atom stereocenters. The largest absolute Gasteiger partial charge is 0.519 e. The van der Waals surface area contributed by atoms with Crippen LogP contribution in [0.25, 0.3) is 0 Å². The number of carbonyl (C=O) groups excluding carboxylic acids is 3. The molecule has 9 nitrogen and oxygen atoms in total. The Labute approximate surface area is 236 Å². The smallest absolute Gasteiger partial charge is 0.444 e. The molecule has 0 aliphatic carbocycles. The topological polar surface area (TPSA) is 103 Å². The highest BCUT2D eigenvalue weighted by molar-refractivity contribution is 6.18. The lowest BCUT2D eigenvalue weighted by molar-refractivity contribution is -0.0294. The molecule has 0 aromatic rings. The van der Waals surface area contributed by atoms with E-state index in [4.69, 9.17) is 60.6 Å². The van der Waals surface area contributed by atoms with Gasteiger partial charge in [0.2, 0.25) is 0 Å². The highest BCUT2D eigenvalue weighted by atomic mass is 35.5. The van der Waals surface area contributed by atoms with Crippen LogP contribution in [0.5, 0.6) is 0 Å². The molecule has 0 aromatic heterocycles. The minimum absolute atomic E-state index is 0.362. The second-order valence-electron chi connectivity index (χ2n) is 10.0. The molecule has 0 saturated carbocycles. The molecule has 1 N–H and O–H groups in total. The van der Waals surface area contributed by atoms with E-state index in [-0.39, 0.29) is 6.09 Å². The van der Waals surface area contributed by atoms with Gasteiger partial charge in [-0.1, -0.05) is 0 Å². The van der Waals surface area contributed by atoms with Gasteiger partial charge in [0.05, 0.1) is 0 Å². The summed E-state index contributed by atoms with van der Waals surface area (Å²) in [6.45, 7) is 18.1. The first kappa shape index (κ1) is 39.6. The van der Waals surface area contributed by atoms with Crippen molar-refractivity contribution in [1.29, 1.82) is 0 Å². The van der Waals surface area contributed by atoms with Gasteiger partial charge in [0, 0.05) is 49.7 Å². The minimum Gasteiger partial charge on any atom is -0.444 e. The molecule has 1 amide bonds. The van der Waals surface area contributed by atoms with Crippen LogP contribution in [0.15, 0.2) is 0 Å². The number of rotatable bonds is 8. The fourth-order valence-electron chi connectivity index (χ4n) is 1.69. The molecule has 0 radical (unpaired) electrons. The SMILES string of the molecule is CC(C)(C)OC(=O)N(CCCl)CCCl.CC(C)(C)OC(=O)OC(=O)OC(C)(C)C.ClCCNCCCl. The van der Waals surface area contributed by atoms with Gasteiger partial charge in [-0.25, -0.2) is 14.4 Å². The summed E-state index contributed by atoms with van der Waals surface area (Å²) < 4.78 is 19.0. The van der Waals surface area contributed by atoms with Gasteiger partial charge in [-0.2, -0.15) is 0 Å². The quantitative estimate of drug-likeness (QED) is 0.109.